The molecule has 1 fully saturated rings. The topological polar surface area (TPSA) is 29.5 Å². The van der Waals surface area contributed by atoms with E-state index < -0.39 is 0 Å². The molecule has 0 unspecified atom stereocenters. The highest BCUT2D eigenvalue weighted by atomic mass is 16.5. The minimum atomic E-state index is -0.376. The lowest BCUT2D eigenvalue weighted by Gasteiger charge is -2.18. The van der Waals surface area contributed by atoms with Crippen molar-refractivity contribution in [2.24, 2.45) is 0 Å². The van der Waals surface area contributed by atoms with Gasteiger partial charge in [0, 0.05) is 6.42 Å². The highest BCUT2D eigenvalue weighted by molar-refractivity contribution is 5.34. The lowest BCUT2D eigenvalue weighted by molar-refractivity contribution is 0.110. The number of aliphatic hydroxyl groups is 1. The summed E-state index contributed by atoms with van der Waals surface area (Å²) in [5, 5.41) is 9.86. The first kappa shape index (κ1) is 9.37. The maximum atomic E-state index is 9.86. The molecule has 15 heavy (non-hydrogen) atoms. The van der Waals surface area contributed by atoms with Crippen LogP contribution >= 0.6 is 0 Å². The molecule has 0 bridgehead atoms. The molecule has 2 heteroatoms. The van der Waals surface area contributed by atoms with Gasteiger partial charge in [-0.1, -0.05) is 18.2 Å². The minimum absolute atomic E-state index is 0.376. The van der Waals surface area contributed by atoms with Gasteiger partial charge in [-0.25, -0.2) is 0 Å². The zero-order valence-corrected chi connectivity index (χ0v) is 8.83. The smallest absolute Gasteiger partial charge is 0.0719 e. The maximum absolute atomic E-state index is 9.86. The van der Waals surface area contributed by atoms with Crippen LogP contribution in [0, 0.1) is 0 Å². The summed E-state index contributed by atoms with van der Waals surface area (Å²) in [6.45, 7) is 1.58. The molecule has 0 saturated heterocycles. The van der Waals surface area contributed by atoms with Gasteiger partial charge < -0.3 is 9.84 Å². The molecule has 0 atom stereocenters. The number of rotatable bonds is 2. The van der Waals surface area contributed by atoms with Crippen molar-refractivity contribution in [2.45, 2.75) is 37.9 Å². The van der Waals surface area contributed by atoms with Crippen molar-refractivity contribution in [3.63, 3.8) is 0 Å². The van der Waals surface area contributed by atoms with Crippen molar-refractivity contribution < 1.29 is 9.84 Å². The van der Waals surface area contributed by atoms with Gasteiger partial charge in [0.2, 0.25) is 0 Å². The van der Waals surface area contributed by atoms with Gasteiger partial charge in [0.15, 0.2) is 0 Å². The van der Waals surface area contributed by atoms with E-state index in [4.69, 9.17) is 4.74 Å². The summed E-state index contributed by atoms with van der Waals surface area (Å²) in [5.41, 5.74) is 3.62. The Morgan fingerprint density at radius 2 is 2.13 bits per heavy atom. The van der Waals surface area contributed by atoms with Crippen LogP contribution in [0.2, 0.25) is 0 Å². The molecule has 0 aromatic heterocycles. The fourth-order valence-electron chi connectivity index (χ4n) is 2.23. The van der Waals surface area contributed by atoms with Crippen molar-refractivity contribution in [3.8, 4) is 0 Å². The maximum Gasteiger partial charge on any atom is 0.0719 e. The van der Waals surface area contributed by atoms with Gasteiger partial charge in [0.25, 0.3) is 0 Å². The van der Waals surface area contributed by atoms with Crippen LogP contribution in [0.3, 0.4) is 0 Å². The molecule has 1 aliphatic carbocycles. The molecule has 1 aromatic carbocycles. The molecule has 1 aliphatic heterocycles. The van der Waals surface area contributed by atoms with E-state index in [9.17, 15) is 5.11 Å². The Hall–Kier alpha value is -0.860. The predicted molar refractivity (Wildman–Crippen MR) is 57.7 cm³/mol. The monoisotopic (exact) mass is 204 g/mol. The summed E-state index contributed by atoms with van der Waals surface area (Å²) in [6.07, 6.45) is 3.77. The highest BCUT2D eigenvalue weighted by Crippen LogP contribution is 2.38. The van der Waals surface area contributed by atoms with Gasteiger partial charge in [-0.3, -0.25) is 0 Å². The van der Waals surface area contributed by atoms with Crippen molar-refractivity contribution in [2.75, 3.05) is 6.61 Å². The summed E-state index contributed by atoms with van der Waals surface area (Å²) >= 11 is 0. The molecule has 2 nitrogen and oxygen atoms in total. The largest absolute Gasteiger partial charge is 0.390 e. The molecule has 0 amide bonds. The van der Waals surface area contributed by atoms with Gasteiger partial charge in [0.1, 0.15) is 0 Å². The van der Waals surface area contributed by atoms with E-state index in [1.165, 1.54) is 16.7 Å². The third kappa shape index (κ3) is 1.92. The normalized spacial score (nSPS) is 22.2. The molecule has 0 spiro atoms. The summed E-state index contributed by atoms with van der Waals surface area (Å²) in [4.78, 5) is 0. The summed E-state index contributed by atoms with van der Waals surface area (Å²) < 4.78 is 5.40. The fourth-order valence-corrected chi connectivity index (χ4v) is 2.23. The van der Waals surface area contributed by atoms with E-state index >= 15 is 0 Å². The van der Waals surface area contributed by atoms with Gasteiger partial charge in [-0.15, -0.1) is 0 Å². The first-order chi connectivity index (χ1) is 7.25. The summed E-state index contributed by atoms with van der Waals surface area (Å²) in [5.74, 6) is 0. The lowest BCUT2D eigenvalue weighted by Crippen LogP contribution is -2.13. The minimum Gasteiger partial charge on any atom is -0.390 e. The molecule has 0 radical (unpaired) electrons. The van der Waals surface area contributed by atoms with Gasteiger partial charge in [-0.05, 0) is 36.0 Å². The summed E-state index contributed by atoms with van der Waals surface area (Å²) in [6, 6.07) is 6.52. The molecule has 2 aliphatic rings. The van der Waals surface area contributed by atoms with Crippen molar-refractivity contribution in [3.05, 3.63) is 34.9 Å². The first-order valence-electron chi connectivity index (χ1n) is 5.66. The quantitative estimate of drug-likeness (QED) is 0.796. The van der Waals surface area contributed by atoms with Gasteiger partial charge >= 0.3 is 0 Å². The zero-order chi connectivity index (χ0) is 10.3. The third-order valence-electron chi connectivity index (χ3n) is 3.40. The van der Waals surface area contributed by atoms with Crippen LogP contribution in [0.4, 0.5) is 0 Å². The number of ether oxygens (including phenoxy) is 1. The summed E-state index contributed by atoms with van der Waals surface area (Å²) in [7, 11) is 0. The Morgan fingerprint density at radius 1 is 1.27 bits per heavy atom. The van der Waals surface area contributed by atoms with E-state index in [0.717, 1.165) is 38.9 Å². The molecule has 1 saturated carbocycles. The van der Waals surface area contributed by atoms with Gasteiger partial charge in [-0.2, -0.15) is 0 Å². The Balaban J connectivity index is 1.84. The van der Waals surface area contributed by atoms with Crippen molar-refractivity contribution in [1.29, 1.82) is 0 Å². The molecule has 1 aromatic rings. The average molecular weight is 204 g/mol. The van der Waals surface area contributed by atoms with Crippen LogP contribution in [0.1, 0.15) is 29.5 Å². The molecule has 80 valence electrons. The average Bonchev–Trinajstić information content (AvgIpc) is 2.96. The van der Waals surface area contributed by atoms with Crippen LogP contribution in [0.5, 0.6) is 0 Å². The van der Waals surface area contributed by atoms with Crippen molar-refractivity contribution in [1.82, 2.24) is 0 Å². The van der Waals surface area contributed by atoms with Crippen LogP contribution in [-0.2, 0) is 24.2 Å². The zero-order valence-electron chi connectivity index (χ0n) is 8.83. The molecule has 1 N–H and O–H groups in total. The van der Waals surface area contributed by atoms with E-state index in [1.54, 1.807) is 0 Å². The SMILES string of the molecule is OC1(Cc2ccc3c(c2)CCOC3)CC1. The van der Waals surface area contributed by atoms with E-state index in [-0.39, 0.29) is 5.60 Å². The molecular weight excluding hydrogens is 188 g/mol. The molecule has 3 rings (SSSR count). The molecular formula is C13H16O2. The van der Waals surface area contributed by atoms with Crippen LogP contribution in [0.25, 0.3) is 0 Å². The predicted octanol–water partition coefficient (Wildman–Crippen LogP) is 1.83. The van der Waals surface area contributed by atoms with E-state index in [0.29, 0.717) is 0 Å². The second-order valence-electron chi connectivity index (χ2n) is 4.81. The standard InChI is InChI=1S/C13H16O2/c14-13(4-5-13)8-10-1-2-12-9-15-6-3-11(12)7-10/h1-2,7,14H,3-6,8-9H2. The number of benzene rings is 1. The second-order valence-corrected chi connectivity index (χ2v) is 4.81. The number of fused-ring (bicyclic) bond motifs is 1. The van der Waals surface area contributed by atoms with E-state index in [2.05, 4.69) is 18.2 Å². The Labute approximate surface area is 89.9 Å². The first-order valence-corrected chi connectivity index (χ1v) is 5.66. The van der Waals surface area contributed by atoms with Crippen LogP contribution < -0.4 is 0 Å². The lowest BCUT2D eigenvalue weighted by atomic mass is 9.97. The third-order valence-corrected chi connectivity index (χ3v) is 3.40. The van der Waals surface area contributed by atoms with Crippen LogP contribution in [-0.4, -0.2) is 17.3 Å². The highest BCUT2D eigenvalue weighted by Gasteiger charge is 2.40. The Kier molecular flexibility index (Phi) is 2.08. The molecule has 1 heterocycles. The van der Waals surface area contributed by atoms with Crippen molar-refractivity contribution >= 4 is 0 Å². The second kappa shape index (κ2) is 3.32. The Bertz CT molecular complexity index is 380. The number of hydrogen-bond acceptors (Lipinski definition) is 2. The van der Waals surface area contributed by atoms with E-state index in [1.807, 2.05) is 0 Å². The number of hydrogen-bond donors (Lipinski definition) is 1. The van der Waals surface area contributed by atoms with Crippen LogP contribution in [0.15, 0.2) is 18.2 Å². The Morgan fingerprint density at radius 3 is 2.93 bits per heavy atom. The fraction of sp³-hybridized carbons (Fsp3) is 0.538. The van der Waals surface area contributed by atoms with Gasteiger partial charge in [0.05, 0.1) is 18.8 Å².